The van der Waals surface area contributed by atoms with Crippen LogP contribution < -0.4 is 0 Å². The molecule has 2 unspecified atom stereocenters. The van der Waals surface area contributed by atoms with Gasteiger partial charge in [-0.3, -0.25) is 4.74 Å². The molecule has 0 amide bonds. The van der Waals surface area contributed by atoms with Crippen molar-refractivity contribution >= 4 is 11.6 Å². The summed E-state index contributed by atoms with van der Waals surface area (Å²) in [4.78, 5) is 0. The van der Waals surface area contributed by atoms with Gasteiger partial charge in [0.15, 0.2) is 0 Å². The maximum atomic E-state index is 12.5. The summed E-state index contributed by atoms with van der Waals surface area (Å²) in [6.45, 7) is 0. The Labute approximate surface area is 132 Å². The van der Waals surface area contributed by atoms with Crippen LogP contribution in [0.25, 0.3) is 0 Å². The fraction of sp³-hybridized carbons (Fsp3) is 0.750. The number of hydrogen-bond acceptors (Lipinski definition) is 4. The lowest BCUT2D eigenvalue weighted by molar-refractivity contribution is -0.369. The molecule has 0 saturated carbocycles. The van der Waals surface area contributed by atoms with E-state index in [0.717, 1.165) is 0 Å². The van der Waals surface area contributed by atoms with Crippen molar-refractivity contribution in [3.63, 3.8) is 0 Å². The van der Waals surface area contributed by atoms with E-state index in [9.17, 15) is 52.7 Å². The third-order valence-electron chi connectivity index (χ3n) is 1.98. The molecule has 2 heterocycles. The van der Waals surface area contributed by atoms with E-state index in [-0.39, 0.29) is 0 Å². The molecule has 17 heteroatoms. The van der Waals surface area contributed by atoms with Crippen molar-refractivity contribution in [2.45, 2.75) is 36.4 Å². The van der Waals surface area contributed by atoms with Gasteiger partial charge in [0, 0.05) is 0 Å². The molecule has 0 N–H and O–H groups in total. The highest BCUT2D eigenvalue weighted by atomic mass is 35.5. The lowest BCUT2D eigenvalue weighted by Gasteiger charge is -2.18. The first-order chi connectivity index (χ1) is 10.8. The molecular formula is C8HClF12O4. The summed E-state index contributed by atoms with van der Waals surface area (Å²) in [5, 5.41) is -4.10. The van der Waals surface area contributed by atoms with Crippen LogP contribution in [0.15, 0.2) is 11.8 Å². The first-order valence-corrected chi connectivity index (χ1v) is 5.58. The molecule has 2 aliphatic heterocycles. The summed E-state index contributed by atoms with van der Waals surface area (Å²) < 4.78 is 153. The van der Waals surface area contributed by atoms with Gasteiger partial charge in [-0.15, -0.1) is 17.6 Å². The zero-order valence-electron chi connectivity index (χ0n) is 10.6. The maximum absolute atomic E-state index is 12.5. The SMILES string of the molecule is FC1(F)OC(C(F)(F)F)C(F)(Cl)O1.FC1=C(C(F)(F)F)OC(F)(F)O1. The van der Waals surface area contributed by atoms with Crippen molar-refractivity contribution in [2.75, 3.05) is 0 Å². The number of hydrogen-bond donors (Lipinski definition) is 0. The Morgan fingerprint density at radius 3 is 1.48 bits per heavy atom. The predicted octanol–water partition coefficient (Wildman–Crippen LogP) is 4.66. The molecule has 4 nitrogen and oxygen atoms in total. The third kappa shape index (κ3) is 5.60. The second-order valence-electron chi connectivity index (χ2n) is 3.93. The highest BCUT2D eigenvalue weighted by Gasteiger charge is 2.69. The molecule has 25 heavy (non-hydrogen) atoms. The van der Waals surface area contributed by atoms with Crippen LogP contribution in [0.3, 0.4) is 0 Å². The van der Waals surface area contributed by atoms with E-state index < -0.39 is 48.1 Å². The van der Waals surface area contributed by atoms with Crippen LogP contribution in [0.1, 0.15) is 0 Å². The molecule has 0 aliphatic carbocycles. The minimum Gasteiger partial charge on any atom is -0.387 e. The van der Waals surface area contributed by atoms with Crippen LogP contribution in [-0.2, 0) is 18.9 Å². The molecule has 0 spiro atoms. The fourth-order valence-corrected chi connectivity index (χ4v) is 1.46. The van der Waals surface area contributed by atoms with Crippen molar-refractivity contribution in [1.82, 2.24) is 0 Å². The summed E-state index contributed by atoms with van der Waals surface area (Å²) in [5.74, 6) is -2.45. The maximum Gasteiger partial charge on any atom is 0.588 e. The average molecular weight is 425 g/mol. The Kier molecular flexibility index (Phi) is 5.35. The van der Waals surface area contributed by atoms with E-state index >= 15 is 0 Å². The van der Waals surface area contributed by atoms with Gasteiger partial charge in [-0.2, -0.15) is 35.1 Å². The van der Waals surface area contributed by atoms with Crippen LogP contribution in [0, 0.1) is 0 Å². The number of alkyl halides is 12. The molecule has 0 radical (unpaired) electrons. The molecule has 0 aromatic heterocycles. The highest BCUT2D eigenvalue weighted by Crippen LogP contribution is 2.48. The number of ether oxygens (including phenoxy) is 4. The summed E-state index contributed by atoms with van der Waals surface area (Å²) in [5.41, 5.74) is 0. The second-order valence-corrected chi connectivity index (χ2v) is 4.45. The first kappa shape index (κ1) is 21.8. The van der Waals surface area contributed by atoms with E-state index in [1.807, 2.05) is 0 Å². The molecular weight excluding hydrogens is 424 g/mol. The number of allylic oxidation sites excluding steroid dienone is 1. The van der Waals surface area contributed by atoms with Crippen molar-refractivity contribution in [3.05, 3.63) is 11.8 Å². The molecule has 2 atom stereocenters. The minimum absolute atomic E-state index is 2.45. The van der Waals surface area contributed by atoms with Gasteiger partial charge in [0.1, 0.15) is 0 Å². The number of halogens is 13. The highest BCUT2D eigenvalue weighted by molar-refractivity contribution is 6.22. The lowest BCUT2D eigenvalue weighted by atomic mass is 10.3. The van der Waals surface area contributed by atoms with Crippen molar-refractivity contribution in [3.8, 4) is 0 Å². The smallest absolute Gasteiger partial charge is 0.387 e. The van der Waals surface area contributed by atoms with Crippen LogP contribution in [0.4, 0.5) is 52.7 Å². The Balaban J connectivity index is 0.000000251. The Morgan fingerprint density at radius 1 is 0.840 bits per heavy atom. The molecule has 2 rings (SSSR count). The van der Waals surface area contributed by atoms with Crippen LogP contribution in [0.2, 0.25) is 0 Å². The average Bonchev–Trinajstić information content (AvgIpc) is 2.69. The van der Waals surface area contributed by atoms with Gasteiger partial charge >= 0.3 is 36.3 Å². The molecule has 0 aromatic rings. The second kappa shape index (κ2) is 6.15. The van der Waals surface area contributed by atoms with Gasteiger partial charge in [0.2, 0.25) is 6.10 Å². The molecule has 2 aliphatic rings. The summed E-state index contributed by atoms with van der Waals surface area (Å²) in [6.07, 6.45) is -23.4. The minimum atomic E-state index is -5.36. The molecule has 148 valence electrons. The van der Waals surface area contributed by atoms with Gasteiger partial charge < -0.3 is 9.47 Å². The summed E-state index contributed by atoms with van der Waals surface area (Å²) in [7, 11) is 0. The molecule has 0 bridgehead atoms. The van der Waals surface area contributed by atoms with E-state index in [4.69, 9.17) is 0 Å². The van der Waals surface area contributed by atoms with E-state index in [1.54, 1.807) is 0 Å². The van der Waals surface area contributed by atoms with Gasteiger partial charge in [0.05, 0.1) is 0 Å². The molecule has 1 fully saturated rings. The van der Waals surface area contributed by atoms with E-state index in [0.29, 0.717) is 0 Å². The standard InChI is InChI=1S/C4HClF6O2.C4F6O2/c5-2(6)1(3(7,8)9)12-4(10,11)13-2;5-2-1(3(6,7)8)11-4(9,10)12-2/h1H;. The summed E-state index contributed by atoms with van der Waals surface area (Å²) in [6, 6.07) is -2.47. The molecule has 1 saturated heterocycles. The topological polar surface area (TPSA) is 36.9 Å². The molecule has 0 aromatic carbocycles. The normalized spacial score (nSPS) is 31.2. The largest absolute Gasteiger partial charge is 0.588 e. The van der Waals surface area contributed by atoms with Crippen LogP contribution >= 0.6 is 11.6 Å². The van der Waals surface area contributed by atoms with Crippen molar-refractivity contribution in [1.29, 1.82) is 0 Å². The quantitative estimate of drug-likeness (QED) is 0.419. The van der Waals surface area contributed by atoms with Crippen molar-refractivity contribution < 1.29 is 71.6 Å². The summed E-state index contributed by atoms with van der Waals surface area (Å²) >= 11 is 4.39. The van der Waals surface area contributed by atoms with Gasteiger partial charge in [-0.1, -0.05) is 0 Å². The van der Waals surface area contributed by atoms with Crippen LogP contribution in [-0.4, -0.2) is 36.4 Å². The lowest BCUT2D eigenvalue weighted by Crippen LogP contribution is -2.41. The number of rotatable bonds is 0. The zero-order chi connectivity index (χ0) is 20.1. The Hall–Kier alpha value is -1.29. The van der Waals surface area contributed by atoms with Gasteiger partial charge in [-0.25, -0.2) is 4.74 Å². The van der Waals surface area contributed by atoms with E-state index in [2.05, 4.69) is 30.5 Å². The zero-order valence-corrected chi connectivity index (χ0v) is 11.4. The van der Waals surface area contributed by atoms with Crippen molar-refractivity contribution in [2.24, 2.45) is 0 Å². The van der Waals surface area contributed by atoms with Gasteiger partial charge in [0.25, 0.3) is 5.76 Å². The first-order valence-electron chi connectivity index (χ1n) is 5.20. The third-order valence-corrected chi connectivity index (χ3v) is 2.25. The Morgan fingerprint density at radius 2 is 1.32 bits per heavy atom. The van der Waals surface area contributed by atoms with E-state index in [1.165, 1.54) is 0 Å². The Bertz CT molecular complexity index is 538. The fourth-order valence-electron chi connectivity index (χ4n) is 1.20. The monoisotopic (exact) mass is 424 g/mol. The predicted molar refractivity (Wildman–Crippen MR) is 48.0 cm³/mol. The van der Waals surface area contributed by atoms with Crippen LogP contribution in [0.5, 0.6) is 0 Å². The van der Waals surface area contributed by atoms with Gasteiger partial charge in [-0.05, 0) is 11.6 Å².